The Morgan fingerprint density at radius 3 is 1.00 bits per heavy atom. The maximum Gasteiger partial charge on any atom is 0 e. The summed E-state index contributed by atoms with van der Waals surface area (Å²) in [6.45, 7) is 0. The van der Waals surface area contributed by atoms with E-state index >= 15 is 0 Å². The summed E-state index contributed by atoms with van der Waals surface area (Å²) >= 11 is 0. The standard InChI is InChI=1S/Ca.O2.Ti.2H/c;1-2;;;. The molecule has 0 atom stereocenters. The Balaban J connectivity index is -0.00000000500. The molecule has 0 N–H and O–H groups in total. The van der Waals surface area contributed by atoms with Crippen LogP contribution in [0.15, 0.2) is 0 Å². The second-order valence-corrected chi connectivity index (χ2v) is 0. The SMILES string of the molecule is O=O.[CaH2].[Ti]. The van der Waals surface area contributed by atoms with Crippen LogP contribution in [0, 0.1) is 9.93 Å². The van der Waals surface area contributed by atoms with Gasteiger partial charge in [-0.1, -0.05) is 0 Å². The fourth-order valence-electron chi connectivity index (χ4n) is 0. The molecule has 0 aliphatic carbocycles. The fourth-order valence-corrected chi connectivity index (χ4v) is 0. The molecule has 0 radical (unpaired) electrons. The molecule has 0 aromatic heterocycles. The summed E-state index contributed by atoms with van der Waals surface area (Å²) in [5, 5.41) is 0. The molecule has 4 heteroatoms. The second kappa shape index (κ2) is 23.6. The van der Waals surface area contributed by atoms with E-state index in [0.717, 1.165) is 0 Å². The summed E-state index contributed by atoms with van der Waals surface area (Å²) in [6, 6.07) is 0. The van der Waals surface area contributed by atoms with E-state index in [-0.39, 0.29) is 59.5 Å². The van der Waals surface area contributed by atoms with Crippen molar-refractivity contribution in [3.8, 4) is 0 Å². The van der Waals surface area contributed by atoms with E-state index in [9.17, 15) is 0 Å². The Hall–Kier alpha value is 1.57. The van der Waals surface area contributed by atoms with Crippen LogP contribution in [0.3, 0.4) is 0 Å². The van der Waals surface area contributed by atoms with Gasteiger partial charge < -0.3 is 0 Å². The molecule has 0 aromatic rings. The number of rotatable bonds is 0. The van der Waals surface area contributed by atoms with Crippen LogP contribution in [0.5, 0.6) is 0 Å². The number of hydrogen-bond donors (Lipinski definition) is 0. The van der Waals surface area contributed by atoms with E-state index in [1.165, 1.54) is 0 Å². The average Bonchev–Trinajstić information content (AvgIpc) is 1.00. The van der Waals surface area contributed by atoms with E-state index < -0.39 is 0 Å². The van der Waals surface area contributed by atoms with Crippen molar-refractivity contribution in [2.24, 2.45) is 0 Å². The Morgan fingerprint density at radius 1 is 1.00 bits per heavy atom. The normalized spacial score (nSPS) is 1.00. The molecule has 0 unspecified atom stereocenters. The van der Waals surface area contributed by atoms with Crippen molar-refractivity contribution in [2.45, 2.75) is 0 Å². The molecule has 0 aliphatic rings. The first-order valence-corrected chi connectivity index (χ1v) is 0.167. The molecule has 0 aromatic carbocycles. The Labute approximate surface area is 68.4 Å². The zero-order chi connectivity index (χ0) is 2.00. The smallest absolute Gasteiger partial charge is 0 e. The molecule has 0 rings (SSSR count). The third-order valence-electron chi connectivity index (χ3n) is 0. The molecular formula is H2CaO2Ti. The molecule has 0 spiro atoms. The van der Waals surface area contributed by atoms with Gasteiger partial charge >= 0.3 is 37.7 Å². The van der Waals surface area contributed by atoms with Crippen LogP contribution in [0.2, 0.25) is 0 Å². The van der Waals surface area contributed by atoms with Crippen molar-refractivity contribution >= 4 is 37.7 Å². The minimum absolute atomic E-state index is 0. The zero-order valence-corrected chi connectivity index (χ0v) is 2.88. The second-order valence-electron chi connectivity index (χ2n) is 0. The van der Waals surface area contributed by atoms with Gasteiger partial charge in [0.2, 0.25) is 0 Å². The van der Waals surface area contributed by atoms with Gasteiger partial charge in [-0.3, -0.25) is 0 Å². The van der Waals surface area contributed by atoms with Crippen LogP contribution in [0.4, 0.5) is 0 Å². The van der Waals surface area contributed by atoms with Crippen molar-refractivity contribution < 1.29 is 21.7 Å². The van der Waals surface area contributed by atoms with Gasteiger partial charge in [0, 0.05) is 31.6 Å². The van der Waals surface area contributed by atoms with Gasteiger partial charge in [-0.05, 0) is 0 Å². The van der Waals surface area contributed by atoms with Gasteiger partial charge in [-0.15, -0.1) is 0 Å². The van der Waals surface area contributed by atoms with Crippen LogP contribution in [0.25, 0.3) is 0 Å². The summed E-state index contributed by atoms with van der Waals surface area (Å²) < 4.78 is 0. The molecule has 0 saturated carbocycles. The van der Waals surface area contributed by atoms with Gasteiger partial charge in [0.15, 0.2) is 0 Å². The maximum absolute atomic E-state index is 7.00. The van der Waals surface area contributed by atoms with Crippen LogP contribution in [-0.2, 0) is 21.7 Å². The Morgan fingerprint density at radius 2 is 1.00 bits per heavy atom. The first kappa shape index (κ1) is 17.6. The molecule has 2 nitrogen and oxygen atoms in total. The van der Waals surface area contributed by atoms with E-state index in [1.54, 1.807) is 0 Å². The molecule has 0 amide bonds. The first-order valence-electron chi connectivity index (χ1n) is 0.167. The minimum atomic E-state index is 0. The van der Waals surface area contributed by atoms with Gasteiger partial charge in [0.1, 0.15) is 0 Å². The number of hydrogen-bond acceptors (Lipinski definition) is 2. The summed E-state index contributed by atoms with van der Waals surface area (Å²) in [6.07, 6.45) is 0. The molecule has 4 heavy (non-hydrogen) atoms. The Kier molecular flexibility index (Phi) is 104. The fraction of sp³-hybridized carbons (Fsp3) is 0. The monoisotopic (exact) mass is 122 g/mol. The summed E-state index contributed by atoms with van der Waals surface area (Å²) in [5.41, 5.74) is 0. The van der Waals surface area contributed by atoms with E-state index in [0.29, 0.717) is 0 Å². The molecular weight excluding hydrogens is 120 g/mol. The van der Waals surface area contributed by atoms with Crippen molar-refractivity contribution in [3.63, 3.8) is 0 Å². The van der Waals surface area contributed by atoms with Crippen LogP contribution >= 0.6 is 0 Å². The van der Waals surface area contributed by atoms with Gasteiger partial charge in [-0.25, -0.2) is 0 Å². The van der Waals surface area contributed by atoms with Gasteiger partial charge in [0.05, 0.1) is 0 Å². The van der Waals surface area contributed by atoms with Gasteiger partial charge in [0.25, 0.3) is 0 Å². The Bertz CT molecular complexity index is 6.00. The molecule has 0 heterocycles. The van der Waals surface area contributed by atoms with E-state index in [2.05, 4.69) is 0 Å². The topological polar surface area (TPSA) is 34.1 Å². The van der Waals surface area contributed by atoms with Gasteiger partial charge in [-0.2, -0.15) is 0 Å². The first-order chi connectivity index (χ1) is 1.00. The summed E-state index contributed by atoms with van der Waals surface area (Å²) in [7, 11) is 0. The van der Waals surface area contributed by atoms with Crippen molar-refractivity contribution in [2.75, 3.05) is 0 Å². The molecule has 0 bridgehead atoms. The summed E-state index contributed by atoms with van der Waals surface area (Å²) in [5.74, 6) is 0. The van der Waals surface area contributed by atoms with Crippen LogP contribution < -0.4 is 0 Å². The third kappa shape index (κ3) is 9.56. The third-order valence-corrected chi connectivity index (χ3v) is 0. The summed E-state index contributed by atoms with van der Waals surface area (Å²) in [4.78, 5) is 14.0. The minimum Gasteiger partial charge on any atom is 0 e. The molecule has 0 fully saturated rings. The zero-order valence-electron chi connectivity index (χ0n) is 1.32. The predicted molar refractivity (Wildman–Crippen MR) is 15.3 cm³/mol. The van der Waals surface area contributed by atoms with E-state index in [1.807, 2.05) is 0 Å². The predicted octanol–water partition coefficient (Wildman–Crippen LogP) is -0.852. The largest absolute Gasteiger partial charge is 0 e. The molecule has 20 valence electrons. The van der Waals surface area contributed by atoms with E-state index in [4.69, 9.17) is 9.93 Å². The van der Waals surface area contributed by atoms with Crippen molar-refractivity contribution in [3.05, 3.63) is 9.93 Å². The molecule has 0 aliphatic heterocycles. The van der Waals surface area contributed by atoms with Crippen molar-refractivity contribution in [1.29, 1.82) is 0 Å². The maximum atomic E-state index is 7.00. The van der Waals surface area contributed by atoms with Crippen LogP contribution in [0.1, 0.15) is 0 Å². The van der Waals surface area contributed by atoms with Crippen LogP contribution in [-0.4, -0.2) is 37.7 Å². The quantitative estimate of drug-likeness (QED) is 0.392. The van der Waals surface area contributed by atoms with Crippen molar-refractivity contribution in [1.82, 2.24) is 0 Å². The average molecular weight is 122 g/mol. The molecule has 0 saturated heterocycles.